The minimum atomic E-state index is -0.306. The predicted octanol–water partition coefficient (Wildman–Crippen LogP) is -0.0400. The Hall–Kier alpha value is -0.860. The van der Waals surface area contributed by atoms with Gasteiger partial charge in [0.05, 0.1) is 0 Å². The fourth-order valence-electron chi connectivity index (χ4n) is 0.392. The van der Waals surface area contributed by atoms with Crippen LogP contribution >= 0.6 is 0 Å². The lowest BCUT2D eigenvalue weighted by atomic mass is 10.3. The van der Waals surface area contributed by atoms with Gasteiger partial charge < -0.3 is 4.84 Å². The van der Waals surface area contributed by atoms with Crippen LogP contribution < -0.4 is 0 Å². The van der Waals surface area contributed by atoms with Crippen LogP contribution in [-0.4, -0.2) is 18.6 Å². The van der Waals surface area contributed by atoms with Crippen molar-refractivity contribution in [2.75, 3.05) is 0 Å². The lowest BCUT2D eigenvalue weighted by Gasteiger charge is -1.92. The zero-order chi connectivity index (χ0) is 5.11. The van der Waals surface area contributed by atoms with Crippen LogP contribution in [0.1, 0.15) is 6.42 Å². The van der Waals surface area contributed by atoms with Crippen molar-refractivity contribution >= 4 is 12.5 Å². The van der Waals surface area contributed by atoms with E-state index in [-0.39, 0.29) is 6.10 Å². The minimum Gasteiger partial charge on any atom is -0.385 e. The number of carbonyl (C=O) groups is 1. The summed E-state index contributed by atoms with van der Waals surface area (Å²) in [7, 11) is 0. The summed E-state index contributed by atoms with van der Waals surface area (Å²) in [5, 5.41) is 3.38. The van der Waals surface area contributed by atoms with E-state index in [9.17, 15) is 4.79 Å². The Bertz CT molecular complexity index is 91.9. The summed E-state index contributed by atoms with van der Waals surface area (Å²) in [6, 6.07) is 0. The number of aldehydes is 1. The van der Waals surface area contributed by atoms with Gasteiger partial charge >= 0.3 is 0 Å². The molecular weight excluding hydrogens is 94.0 g/mol. The number of nitrogens with zero attached hydrogens (tertiary/aromatic N) is 1. The standard InChI is InChI=1S/C4H5NO2/c6-3-4-1-2-5-7-4/h2-4H,1H2. The quantitative estimate of drug-likeness (QED) is 0.432. The first-order chi connectivity index (χ1) is 3.43. The fraction of sp³-hybridized carbons (Fsp3) is 0.500. The normalized spacial score (nSPS) is 27.1. The summed E-state index contributed by atoms with van der Waals surface area (Å²) in [6.07, 6.45) is 2.65. The Morgan fingerprint density at radius 3 is 3.14 bits per heavy atom. The Morgan fingerprint density at radius 1 is 2.00 bits per heavy atom. The molecule has 3 heteroatoms. The van der Waals surface area contributed by atoms with E-state index in [4.69, 9.17) is 0 Å². The number of hydrogen-bond donors (Lipinski definition) is 0. The summed E-state index contributed by atoms with van der Waals surface area (Å²) >= 11 is 0. The van der Waals surface area contributed by atoms with Crippen molar-refractivity contribution in [1.29, 1.82) is 0 Å². The van der Waals surface area contributed by atoms with Gasteiger partial charge in [0, 0.05) is 12.6 Å². The van der Waals surface area contributed by atoms with Crippen molar-refractivity contribution in [1.82, 2.24) is 0 Å². The molecule has 0 saturated heterocycles. The Morgan fingerprint density at radius 2 is 2.86 bits per heavy atom. The molecule has 0 bridgehead atoms. The van der Waals surface area contributed by atoms with Gasteiger partial charge in [-0.2, -0.15) is 0 Å². The van der Waals surface area contributed by atoms with Crippen molar-refractivity contribution < 1.29 is 9.63 Å². The van der Waals surface area contributed by atoms with Gasteiger partial charge in [0.2, 0.25) is 0 Å². The molecule has 0 fully saturated rings. The summed E-state index contributed by atoms with van der Waals surface area (Å²) in [5.74, 6) is 0. The van der Waals surface area contributed by atoms with Gasteiger partial charge in [0.1, 0.15) is 0 Å². The zero-order valence-corrected chi connectivity index (χ0v) is 3.70. The second-order valence-electron chi connectivity index (χ2n) is 1.30. The van der Waals surface area contributed by atoms with Gasteiger partial charge in [-0.05, 0) is 0 Å². The van der Waals surface area contributed by atoms with Crippen molar-refractivity contribution in [3.8, 4) is 0 Å². The summed E-state index contributed by atoms with van der Waals surface area (Å²) < 4.78 is 0. The van der Waals surface area contributed by atoms with Gasteiger partial charge in [0.15, 0.2) is 12.4 Å². The summed E-state index contributed by atoms with van der Waals surface area (Å²) in [6.45, 7) is 0. The van der Waals surface area contributed by atoms with Crippen LogP contribution in [-0.2, 0) is 9.63 Å². The third-order valence-corrected chi connectivity index (χ3v) is 0.760. The third-order valence-electron chi connectivity index (χ3n) is 0.760. The third kappa shape index (κ3) is 0.765. The molecule has 0 radical (unpaired) electrons. The van der Waals surface area contributed by atoms with Gasteiger partial charge in [-0.1, -0.05) is 5.16 Å². The highest BCUT2D eigenvalue weighted by molar-refractivity contribution is 5.68. The molecule has 1 aliphatic rings. The van der Waals surface area contributed by atoms with Crippen LogP contribution in [0.2, 0.25) is 0 Å². The topological polar surface area (TPSA) is 38.7 Å². The lowest BCUT2D eigenvalue weighted by molar-refractivity contribution is -0.116. The molecule has 0 amide bonds. The molecule has 0 aliphatic carbocycles. The lowest BCUT2D eigenvalue weighted by Crippen LogP contribution is -2.04. The van der Waals surface area contributed by atoms with Gasteiger partial charge in [-0.25, -0.2) is 0 Å². The van der Waals surface area contributed by atoms with E-state index in [0.717, 1.165) is 6.29 Å². The Labute approximate surface area is 41.0 Å². The van der Waals surface area contributed by atoms with E-state index in [1.807, 2.05) is 0 Å². The largest absolute Gasteiger partial charge is 0.385 e. The van der Waals surface area contributed by atoms with Crippen LogP contribution in [0.5, 0.6) is 0 Å². The highest BCUT2D eigenvalue weighted by Crippen LogP contribution is 1.99. The van der Waals surface area contributed by atoms with Crippen molar-refractivity contribution in [3.63, 3.8) is 0 Å². The molecule has 1 unspecified atom stereocenters. The molecule has 0 spiro atoms. The highest BCUT2D eigenvalue weighted by Gasteiger charge is 2.09. The molecular formula is C4H5NO2. The Kier molecular flexibility index (Phi) is 1.06. The van der Waals surface area contributed by atoms with Crippen molar-refractivity contribution in [2.45, 2.75) is 12.5 Å². The first kappa shape index (κ1) is 4.30. The number of oxime groups is 1. The molecule has 1 heterocycles. The molecule has 0 aromatic heterocycles. The second-order valence-corrected chi connectivity index (χ2v) is 1.30. The highest BCUT2D eigenvalue weighted by atomic mass is 16.6. The van der Waals surface area contributed by atoms with E-state index < -0.39 is 0 Å². The maximum atomic E-state index is 9.80. The van der Waals surface area contributed by atoms with Crippen molar-refractivity contribution in [3.05, 3.63) is 0 Å². The minimum absolute atomic E-state index is 0.306. The molecule has 38 valence electrons. The van der Waals surface area contributed by atoms with E-state index in [1.165, 1.54) is 0 Å². The second kappa shape index (κ2) is 1.73. The maximum absolute atomic E-state index is 9.80. The van der Waals surface area contributed by atoms with Crippen LogP contribution in [0.15, 0.2) is 5.16 Å². The van der Waals surface area contributed by atoms with E-state index in [1.54, 1.807) is 6.21 Å². The van der Waals surface area contributed by atoms with Gasteiger partial charge in [-0.15, -0.1) is 0 Å². The van der Waals surface area contributed by atoms with Gasteiger partial charge in [0.25, 0.3) is 0 Å². The molecule has 0 aromatic carbocycles. The molecule has 1 aliphatic heterocycles. The Balaban J connectivity index is 2.35. The van der Waals surface area contributed by atoms with Crippen LogP contribution in [0.4, 0.5) is 0 Å². The first-order valence-electron chi connectivity index (χ1n) is 2.06. The smallest absolute Gasteiger partial charge is 0.187 e. The van der Waals surface area contributed by atoms with E-state index in [2.05, 4.69) is 9.99 Å². The molecule has 1 atom stereocenters. The number of carbonyl (C=O) groups excluding carboxylic acids is 1. The van der Waals surface area contributed by atoms with Gasteiger partial charge in [-0.3, -0.25) is 4.79 Å². The van der Waals surface area contributed by atoms with Crippen LogP contribution in [0.25, 0.3) is 0 Å². The maximum Gasteiger partial charge on any atom is 0.187 e. The molecule has 0 saturated carbocycles. The SMILES string of the molecule is O=CC1CC=NO1. The van der Waals surface area contributed by atoms with Crippen LogP contribution in [0, 0.1) is 0 Å². The summed E-state index contributed by atoms with van der Waals surface area (Å²) in [5.41, 5.74) is 0. The number of hydrogen-bond acceptors (Lipinski definition) is 3. The average Bonchev–Trinajstić information content (AvgIpc) is 2.14. The van der Waals surface area contributed by atoms with E-state index in [0.29, 0.717) is 6.42 Å². The fourth-order valence-corrected chi connectivity index (χ4v) is 0.392. The average molecular weight is 99.1 g/mol. The first-order valence-corrected chi connectivity index (χ1v) is 2.06. The van der Waals surface area contributed by atoms with E-state index >= 15 is 0 Å². The monoisotopic (exact) mass is 99.0 g/mol. The molecule has 0 N–H and O–H groups in total. The number of rotatable bonds is 1. The predicted molar refractivity (Wildman–Crippen MR) is 24.0 cm³/mol. The molecule has 1 rings (SSSR count). The molecule has 7 heavy (non-hydrogen) atoms. The van der Waals surface area contributed by atoms with Crippen LogP contribution in [0.3, 0.4) is 0 Å². The van der Waals surface area contributed by atoms with Crippen molar-refractivity contribution in [2.24, 2.45) is 5.16 Å². The molecule has 0 aromatic rings. The molecule has 3 nitrogen and oxygen atoms in total. The zero-order valence-electron chi connectivity index (χ0n) is 3.70. The summed E-state index contributed by atoms with van der Waals surface area (Å²) in [4.78, 5) is 14.3.